The fourth-order valence-electron chi connectivity index (χ4n) is 2.71. The Labute approximate surface area is 113 Å². The lowest BCUT2D eigenvalue weighted by molar-refractivity contribution is 0.0225. The average Bonchev–Trinajstić information content (AvgIpc) is 2.79. The summed E-state index contributed by atoms with van der Waals surface area (Å²) >= 11 is 0. The minimum absolute atomic E-state index is 0.0600. The summed E-state index contributed by atoms with van der Waals surface area (Å²) in [5.74, 6) is 0. The third-order valence-corrected chi connectivity index (χ3v) is 3.54. The summed E-state index contributed by atoms with van der Waals surface area (Å²) in [7, 11) is 0. The molecule has 3 rings (SSSR count). The van der Waals surface area contributed by atoms with E-state index in [9.17, 15) is 0 Å². The lowest BCUT2D eigenvalue weighted by Gasteiger charge is -2.17. The minimum Gasteiger partial charge on any atom is -0.358 e. The van der Waals surface area contributed by atoms with Crippen molar-refractivity contribution < 1.29 is 4.74 Å². The molecule has 0 amide bonds. The molecule has 0 N–H and O–H groups in total. The van der Waals surface area contributed by atoms with Crippen LogP contribution in [0.3, 0.4) is 0 Å². The molecule has 1 heterocycles. The molecule has 1 unspecified atom stereocenters. The van der Waals surface area contributed by atoms with Gasteiger partial charge in [0.2, 0.25) is 0 Å². The van der Waals surface area contributed by atoms with E-state index in [0.717, 1.165) is 13.0 Å². The van der Waals surface area contributed by atoms with Crippen molar-refractivity contribution in [3.05, 3.63) is 48.5 Å². The van der Waals surface area contributed by atoms with Crippen LogP contribution in [-0.4, -0.2) is 11.2 Å². The maximum Gasteiger partial charge on any atom is 0.131 e. The number of aromatic nitrogens is 1. The maximum atomic E-state index is 5.91. The van der Waals surface area contributed by atoms with Gasteiger partial charge in [0, 0.05) is 17.4 Å². The second-order valence-electron chi connectivity index (χ2n) is 4.87. The first-order valence-corrected chi connectivity index (χ1v) is 6.92. The topological polar surface area (TPSA) is 14.2 Å². The number of hydrogen-bond donors (Lipinski definition) is 0. The van der Waals surface area contributed by atoms with Crippen molar-refractivity contribution in [3.8, 4) is 0 Å². The summed E-state index contributed by atoms with van der Waals surface area (Å²) in [6, 6.07) is 17.1. The Hall–Kier alpha value is -1.80. The predicted octanol–water partition coefficient (Wildman–Crippen LogP) is 4.74. The Kier molecular flexibility index (Phi) is 3.26. The van der Waals surface area contributed by atoms with Crippen molar-refractivity contribution in [1.82, 2.24) is 4.57 Å². The summed E-state index contributed by atoms with van der Waals surface area (Å²) in [6.07, 6.45) is 1.10. The van der Waals surface area contributed by atoms with Crippen LogP contribution in [0.1, 0.15) is 26.5 Å². The molecule has 0 saturated heterocycles. The molecule has 1 atom stereocenters. The molecule has 0 aliphatic carbocycles. The van der Waals surface area contributed by atoms with E-state index >= 15 is 0 Å². The number of benzene rings is 2. The van der Waals surface area contributed by atoms with Crippen LogP contribution in [0.4, 0.5) is 0 Å². The predicted molar refractivity (Wildman–Crippen MR) is 80.4 cm³/mol. The van der Waals surface area contributed by atoms with Gasteiger partial charge in [-0.15, -0.1) is 0 Å². The van der Waals surface area contributed by atoms with Gasteiger partial charge in [0.25, 0.3) is 0 Å². The molecule has 2 nitrogen and oxygen atoms in total. The number of hydrogen-bond acceptors (Lipinski definition) is 1. The summed E-state index contributed by atoms with van der Waals surface area (Å²) < 4.78 is 8.21. The van der Waals surface area contributed by atoms with Crippen molar-refractivity contribution in [2.45, 2.75) is 26.5 Å². The van der Waals surface area contributed by atoms with Crippen molar-refractivity contribution in [3.63, 3.8) is 0 Å². The molecule has 0 aliphatic heterocycles. The number of nitrogens with zero attached hydrogens (tertiary/aromatic N) is 1. The van der Waals surface area contributed by atoms with Gasteiger partial charge in [-0.25, -0.2) is 0 Å². The van der Waals surface area contributed by atoms with Crippen molar-refractivity contribution in [1.29, 1.82) is 0 Å². The molecule has 0 bridgehead atoms. The van der Waals surface area contributed by atoms with E-state index in [1.165, 1.54) is 21.8 Å². The van der Waals surface area contributed by atoms with Gasteiger partial charge in [0.05, 0.1) is 11.0 Å². The molecule has 2 aromatic carbocycles. The van der Waals surface area contributed by atoms with Crippen LogP contribution < -0.4 is 0 Å². The van der Waals surface area contributed by atoms with E-state index in [1.54, 1.807) is 0 Å². The highest BCUT2D eigenvalue weighted by molar-refractivity contribution is 6.08. The van der Waals surface area contributed by atoms with Gasteiger partial charge < -0.3 is 9.30 Å². The van der Waals surface area contributed by atoms with Crippen molar-refractivity contribution in [2.24, 2.45) is 0 Å². The van der Waals surface area contributed by atoms with E-state index in [4.69, 9.17) is 4.74 Å². The third-order valence-electron chi connectivity index (χ3n) is 3.54. The molecule has 19 heavy (non-hydrogen) atoms. The molecule has 98 valence electrons. The number of ether oxygens (including phenoxy) is 1. The molecule has 0 aliphatic rings. The highest BCUT2D eigenvalue weighted by Crippen LogP contribution is 2.31. The van der Waals surface area contributed by atoms with E-state index in [2.05, 4.69) is 66.9 Å². The minimum atomic E-state index is 0.0600. The second kappa shape index (κ2) is 5.06. The Balaban J connectivity index is 2.24. The quantitative estimate of drug-likeness (QED) is 0.655. The van der Waals surface area contributed by atoms with Crippen LogP contribution in [0.25, 0.3) is 21.8 Å². The number of para-hydroxylation sites is 2. The summed E-state index contributed by atoms with van der Waals surface area (Å²) in [4.78, 5) is 0. The Morgan fingerprint density at radius 1 is 0.947 bits per heavy atom. The van der Waals surface area contributed by atoms with Crippen LogP contribution >= 0.6 is 0 Å². The Morgan fingerprint density at radius 3 is 2.00 bits per heavy atom. The van der Waals surface area contributed by atoms with E-state index in [1.807, 2.05) is 0 Å². The first kappa shape index (κ1) is 12.2. The zero-order valence-corrected chi connectivity index (χ0v) is 11.5. The molecule has 0 saturated carbocycles. The van der Waals surface area contributed by atoms with Gasteiger partial charge in [-0.2, -0.15) is 0 Å². The maximum absolute atomic E-state index is 5.91. The Bertz CT molecular complexity index is 645. The van der Waals surface area contributed by atoms with Crippen molar-refractivity contribution >= 4 is 21.8 Å². The molecule has 0 radical (unpaired) electrons. The first-order valence-electron chi connectivity index (χ1n) is 6.92. The van der Waals surface area contributed by atoms with E-state index < -0.39 is 0 Å². The molecule has 1 aromatic heterocycles. The fraction of sp³-hybridized carbons (Fsp3) is 0.294. The van der Waals surface area contributed by atoms with Crippen molar-refractivity contribution in [2.75, 3.05) is 6.61 Å². The zero-order chi connectivity index (χ0) is 13.2. The van der Waals surface area contributed by atoms with Gasteiger partial charge in [-0.1, -0.05) is 43.3 Å². The largest absolute Gasteiger partial charge is 0.358 e. The molecule has 0 spiro atoms. The monoisotopic (exact) mass is 253 g/mol. The van der Waals surface area contributed by atoms with Crippen LogP contribution in [0, 0.1) is 0 Å². The van der Waals surface area contributed by atoms with Gasteiger partial charge in [0.15, 0.2) is 0 Å². The van der Waals surface area contributed by atoms with Gasteiger partial charge in [-0.05, 0) is 25.5 Å². The van der Waals surface area contributed by atoms with Gasteiger partial charge >= 0.3 is 0 Å². The van der Waals surface area contributed by atoms with Crippen LogP contribution in [0.15, 0.2) is 48.5 Å². The lowest BCUT2D eigenvalue weighted by atomic mass is 10.2. The van der Waals surface area contributed by atoms with Gasteiger partial charge in [-0.3, -0.25) is 0 Å². The molecule has 2 heteroatoms. The standard InChI is InChI=1S/C17H19NO/c1-3-12-19-13(2)18-16-10-6-4-8-14(16)15-9-5-7-11-17(15)18/h4-11,13H,3,12H2,1-2H3. The molecular formula is C17H19NO. The molecule has 0 fully saturated rings. The zero-order valence-electron chi connectivity index (χ0n) is 11.5. The highest BCUT2D eigenvalue weighted by atomic mass is 16.5. The van der Waals surface area contributed by atoms with Crippen LogP contribution in [-0.2, 0) is 4.74 Å². The normalized spacial score (nSPS) is 13.2. The van der Waals surface area contributed by atoms with E-state index in [-0.39, 0.29) is 6.23 Å². The summed E-state index contributed by atoms with van der Waals surface area (Å²) in [5.41, 5.74) is 2.49. The fourth-order valence-corrected chi connectivity index (χ4v) is 2.71. The second-order valence-corrected chi connectivity index (χ2v) is 4.87. The molecule has 3 aromatic rings. The highest BCUT2D eigenvalue weighted by Gasteiger charge is 2.14. The van der Waals surface area contributed by atoms with Gasteiger partial charge in [0.1, 0.15) is 6.23 Å². The van der Waals surface area contributed by atoms with E-state index in [0.29, 0.717) is 0 Å². The first-order chi connectivity index (χ1) is 9.33. The number of fused-ring (bicyclic) bond motifs is 3. The molecular weight excluding hydrogens is 234 g/mol. The third kappa shape index (κ3) is 2.02. The summed E-state index contributed by atoms with van der Waals surface area (Å²) in [5, 5.41) is 2.59. The Morgan fingerprint density at radius 2 is 1.47 bits per heavy atom. The lowest BCUT2D eigenvalue weighted by Crippen LogP contribution is -2.09. The number of rotatable bonds is 4. The smallest absolute Gasteiger partial charge is 0.131 e. The average molecular weight is 253 g/mol. The SMILES string of the molecule is CCCOC(C)n1c2ccccc2c2ccccc21. The van der Waals surface area contributed by atoms with Crippen LogP contribution in [0.5, 0.6) is 0 Å². The van der Waals surface area contributed by atoms with Crippen LogP contribution in [0.2, 0.25) is 0 Å². The summed E-state index contributed by atoms with van der Waals surface area (Å²) in [6.45, 7) is 5.05.